The molecule has 2 aromatic carbocycles. The normalized spacial score (nSPS) is 10.2. The second kappa shape index (κ2) is 9.43. The molecule has 0 fully saturated rings. The van der Waals surface area contributed by atoms with Gasteiger partial charge in [0.15, 0.2) is 5.11 Å². The first-order chi connectivity index (χ1) is 10.8. The quantitative estimate of drug-likeness (QED) is 0.577. The highest BCUT2D eigenvalue weighted by Gasteiger charge is 2.02. The predicted molar refractivity (Wildman–Crippen MR) is 97.8 cm³/mol. The lowest BCUT2D eigenvalue weighted by atomic mass is 10.2. The van der Waals surface area contributed by atoms with Gasteiger partial charge in [-0.2, -0.15) is 11.8 Å². The Morgan fingerprint density at radius 2 is 1.77 bits per heavy atom. The van der Waals surface area contributed by atoms with E-state index in [1.165, 1.54) is 11.6 Å². The Labute approximate surface area is 140 Å². The summed E-state index contributed by atoms with van der Waals surface area (Å²) in [5.41, 5.74) is 1.75. The van der Waals surface area contributed by atoms with Gasteiger partial charge in [0.05, 0.1) is 5.69 Å². The summed E-state index contributed by atoms with van der Waals surface area (Å²) >= 11 is 7.06. The zero-order chi connectivity index (χ0) is 15.6. The van der Waals surface area contributed by atoms with E-state index in [0.29, 0.717) is 10.8 Å². The van der Waals surface area contributed by atoms with Crippen molar-refractivity contribution in [1.29, 1.82) is 0 Å². The number of hydrogen-bond acceptors (Lipinski definition) is 2. The molecule has 2 N–H and O–H groups in total. The molecule has 0 heterocycles. The van der Waals surface area contributed by atoms with Crippen molar-refractivity contribution < 1.29 is 4.39 Å². The Morgan fingerprint density at radius 1 is 1.05 bits per heavy atom. The molecule has 0 bridgehead atoms. The summed E-state index contributed by atoms with van der Waals surface area (Å²) in [4.78, 5) is 0. The third-order valence-electron chi connectivity index (χ3n) is 2.98. The van der Waals surface area contributed by atoms with Crippen molar-refractivity contribution in [3.05, 3.63) is 66.0 Å². The molecule has 0 amide bonds. The lowest BCUT2D eigenvalue weighted by molar-refractivity contribution is 0.632. The number of thioether (sulfide) groups is 1. The molecule has 116 valence electrons. The standard InChI is InChI=1S/C17H19FN2S2/c18-15-9-4-5-10-16(15)20-17(21)19-11-6-12-22-13-14-7-2-1-3-8-14/h1-5,7-10H,6,11-13H2,(H2,19,20,21). The summed E-state index contributed by atoms with van der Waals surface area (Å²) in [6.45, 7) is 0.780. The van der Waals surface area contributed by atoms with Crippen LogP contribution >= 0.6 is 24.0 Å². The Morgan fingerprint density at radius 3 is 2.55 bits per heavy atom. The van der Waals surface area contributed by atoms with Crippen LogP contribution in [0.1, 0.15) is 12.0 Å². The Bertz CT molecular complexity index is 590. The minimum atomic E-state index is -0.301. The molecule has 0 aliphatic carbocycles. The topological polar surface area (TPSA) is 24.1 Å². The largest absolute Gasteiger partial charge is 0.362 e. The third kappa shape index (κ3) is 6.03. The molecule has 0 saturated heterocycles. The van der Waals surface area contributed by atoms with Gasteiger partial charge < -0.3 is 10.6 Å². The summed E-state index contributed by atoms with van der Waals surface area (Å²) < 4.78 is 13.4. The van der Waals surface area contributed by atoms with Crippen LogP contribution in [0.3, 0.4) is 0 Å². The lowest BCUT2D eigenvalue weighted by Gasteiger charge is -2.10. The van der Waals surface area contributed by atoms with Crippen molar-refractivity contribution in [3.8, 4) is 0 Å². The monoisotopic (exact) mass is 334 g/mol. The summed E-state index contributed by atoms with van der Waals surface area (Å²) in [6.07, 6.45) is 1.01. The number of anilines is 1. The SMILES string of the molecule is Fc1ccccc1NC(=S)NCCCSCc1ccccc1. The maximum Gasteiger partial charge on any atom is 0.170 e. The van der Waals surface area contributed by atoms with Crippen molar-refractivity contribution in [2.45, 2.75) is 12.2 Å². The van der Waals surface area contributed by atoms with E-state index < -0.39 is 0 Å². The summed E-state index contributed by atoms with van der Waals surface area (Å²) in [5.74, 6) is 1.79. The molecular formula is C17H19FN2S2. The second-order valence-electron chi connectivity index (χ2n) is 4.75. The molecule has 0 spiro atoms. The maximum absolute atomic E-state index is 13.4. The molecule has 22 heavy (non-hydrogen) atoms. The van der Waals surface area contributed by atoms with Crippen LogP contribution in [0.15, 0.2) is 54.6 Å². The van der Waals surface area contributed by atoms with Gasteiger partial charge in [-0.15, -0.1) is 0 Å². The molecule has 2 rings (SSSR count). The van der Waals surface area contributed by atoms with Crippen molar-refractivity contribution in [1.82, 2.24) is 5.32 Å². The Hall–Kier alpha value is -1.59. The van der Waals surface area contributed by atoms with Crippen LogP contribution in [0, 0.1) is 5.82 Å². The van der Waals surface area contributed by atoms with Crippen LogP contribution in [-0.2, 0) is 5.75 Å². The highest BCUT2D eigenvalue weighted by molar-refractivity contribution is 7.98. The fourth-order valence-corrected chi connectivity index (χ4v) is 3.00. The molecule has 0 aromatic heterocycles. The number of rotatable bonds is 7. The van der Waals surface area contributed by atoms with E-state index in [-0.39, 0.29) is 5.82 Å². The van der Waals surface area contributed by atoms with E-state index in [0.717, 1.165) is 24.5 Å². The minimum absolute atomic E-state index is 0.301. The molecule has 2 aromatic rings. The fourth-order valence-electron chi connectivity index (χ4n) is 1.87. The van der Waals surface area contributed by atoms with Crippen molar-refractivity contribution in [3.63, 3.8) is 0 Å². The van der Waals surface area contributed by atoms with Crippen molar-refractivity contribution in [2.24, 2.45) is 0 Å². The average Bonchev–Trinajstić information content (AvgIpc) is 2.54. The van der Waals surface area contributed by atoms with Crippen LogP contribution in [0.2, 0.25) is 0 Å². The third-order valence-corrected chi connectivity index (χ3v) is 4.35. The van der Waals surface area contributed by atoms with Crippen molar-refractivity contribution in [2.75, 3.05) is 17.6 Å². The molecule has 0 saturated carbocycles. The van der Waals surface area contributed by atoms with Gasteiger partial charge in [-0.3, -0.25) is 0 Å². The van der Waals surface area contributed by atoms with E-state index in [4.69, 9.17) is 12.2 Å². The predicted octanol–water partition coefficient (Wildman–Crippen LogP) is 4.44. The molecule has 2 nitrogen and oxygen atoms in total. The first-order valence-electron chi connectivity index (χ1n) is 7.17. The summed E-state index contributed by atoms with van der Waals surface area (Å²) in [7, 11) is 0. The summed E-state index contributed by atoms with van der Waals surface area (Å²) in [6, 6.07) is 16.9. The van der Waals surface area contributed by atoms with Gasteiger partial charge in [-0.1, -0.05) is 42.5 Å². The molecular weight excluding hydrogens is 315 g/mol. The Kier molecular flexibility index (Phi) is 7.19. The zero-order valence-electron chi connectivity index (χ0n) is 12.2. The number of halogens is 1. The average molecular weight is 334 g/mol. The number of thiocarbonyl (C=S) groups is 1. The first-order valence-corrected chi connectivity index (χ1v) is 8.73. The number of nitrogens with one attached hydrogen (secondary N) is 2. The van der Waals surface area contributed by atoms with Gasteiger partial charge in [-0.25, -0.2) is 4.39 Å². The molecule has 0 unspecified atom stereocenters. The van der Waals surface area contributed by atoms with Gasteiger partial charge in [-0.05, 0) is 42.1 Å². The van der Waals surface area contributed by atoms with Crippen LogP contribution in [0.4, 0.5) is 10.1 Å². The molecule has 0 aliphatic heterocycles. The number of para-hydroxylation sites is 1. The smallest absolute Gasteiger partial charge is 0.170 e. The number of benzene rings is 2. The van der Waals surface area contributed by atoms with Gasteiger partial charge in [0, 0.05) is 12.3 Å². The molecule has 0 radical (unpaired) electrons. The number of hydrogen-bond donors (Lipinski definition) is 2. The highest BCUT2D eigenvalue weighted by atomic mass is 32.2. The molecule has 5 heteroatoms. The lowest BCUT2D eigenvalue weighted by Crippen LogP contribution is -2.29. The van der Waals surface area contributed by atoms with Crippen LogP contribution in [0.5, 0.6) is 0 Å². The van der Waals surface area contributed by atoms with E-state index in [2.05, 4.69) is 34.9 Å². The van der Waals surface area contributed by atoms with E-state index in [1.54, 1.807) is 18.2 Å². The van der Waals surface area contributed by atoms with Gasteiger partial charge >= 0.3 is 0 Å². The molecule has 0 aliphatic rings. The molecule has 0 atom stereocenters. The van der Waals surface area contributed by atoms with Crippen LogP contribution < -0.4 is 10.6 Å². The minimum Gasteiger partial charge on any atom is -0.362 e. The second-order valence-corrected chi connectivity index (χ2v) is 6.27. The van der Waals surface area contributed by atoms with Crippen LogP contribution in [0.25, 0.3) is 0 Å². The van der Waals surface area contributed by atoms with E-state index >= 15 is 0 Å². The maximum atomic E-state index is 13.4. The Balaban J connectivity index is 1.57. The van der Waals surface area contributed by atoms with Gasteiger partial charge in [0.1, 0.15) is 5.82 Å². The van der Waals surface area contributed by atoms with E-state index in [1.807, 2.05) is 17.8 Å². The van der Waals surface area contributed by atoms with Crippen LogP contribution in [-0.4, -0.2) is 17.4 Å². The fraction of sp³-hybridized carbons (Fsp3) is 0.235. The first kappa shape index (κ1) is 16.8. The zero-order valence-corrected chi connectivity index (χ0v) is 13.9. The highest BCUT2D eigenvalue weighted by Crippen LogP contribution is 2.13. The summed E-state index contributed by atoms with van der Waals surface area (Å²) in [5, 5.41) is 6.42. The van der Waals surface area contributed by atoms with E-state index in [9.17, 15) is 4.39 Å². The van der Waals surface area contributed by atoms with Crippen molar-refractivity contribution >= 4 is 34.8 Å². The van der Waals surface area contributed by atoms with Gasteiger partial charge in [0.25, 0.3) is 0 Å². The van der Waals surface area contributed by atoms with Gasteiger partial charge in [0.2, 0.25) is 0 Å².